The van der Waals surface area contributed by atoms with Crippen LogP contribution in [0.15, 0.2) is 42.5 Å². The van der Waals surface area contributed by atoms with Gasteiger partial charge in [0.2, 0.25) is 11.8 Å². The van der Waals surface area contributed by atoms with E-state index < -0.39 is 6.04 Å². The Morgan fingerprint density at radius 3 is 2.39 bits per heavy atom. The quantitative estimate of drug-likeness (QED) is 0.482. The molecule has 2 aromatic carbocycles. The second-order valence-electron chi connectivity index (χ2n) is 8.55. The Balaban J connectivity index is 1.82. The van der Waals surface area contributed by atoms with Gasteiger partial charge in [-0.2, -0.15) is 0 Å². The van der Waals surface area contributed by atoms with Crippen LogP contribution in [0.4, 0.5) is 0 Å². The van der Waals surface area contributed by atoms with Crippen LogP contribution >= 0.6 is 23.2 Å². The zero-order valence-electron chi connectivity index (χ0n) is 19.3. The molecule has 0 aliphatic heterocycles. The van der Waals surface area contributed by atoms with Crippen molar-refractivity contribution in [2.24, 2.45) is 0 Å². The van der Waals surface area contributed by atoms with Crippen molar-refractivity contribution in [3.05, 3.63) is 63.6 Å². The molecule has 7 heteroatoms. The van der Waals surface area contributed by atoms with E-state index in [1.54, 1.807) is 24.1 Å². The van der Waals surface area contributed by atoms with Crippen molar-refractivity contribution in [1.29, 1.82) is 0 Å². The van der Waals surface area contributed by atoms with Gasteiger partial charge in [-0.25, -0.2) is 0 Å². The second-order valence-corrected chi connectivity index (χ2v) is 9.39. The van der Waals surface area contributed by atoms with Crippen LogP contribution in [0.5, 0.6) is 5.75 Å². The van der Waals surface area contributed by atoms with Gasteiger partial charge in [0.15, 0.2) is 0 Å². The van der Waals surface area contributed by atoms with Gasteiger partial charge in [-0.3, -0.25) is 9.59 Å². The molecule has 1 atom stereocenters. The molecule has 2 amide bonds. The molecule has 0 spiro atoms. The van der Waals surface area contributed by atoms with E-state index >= 15 is 0 Å². The summed E-state index contributed by atoms with van der Waals surface area (Å²) >= 11 is 12.5. The first-order valence-electron chi connectivity index (χ1n) is 11.6. The van der Waals surface area contributed by atoms with Gasteiger partial charge in [-0.15, -0.1) is 0 Å². The van der Waals surface area contributed by atoms with Crippen LogP contribution in [0.3, 0.4) is 0 Å². The summed E-state index contributed by atoms with van der Waals surface area (Å²) in [6, 6.07) is 12.2. The molecule has 2 aromatic rings. The Morgan fingerprint density at radius 2 is 1.79 bits per heavy atom. The first-order chi connectivity index (χ1) is 15.9. The molecule has 0 radical (unpaired) electrons. The van der Waals surface area contributed by atoms with Crippen molar-refractivity contribution >= 4 is 35.0 Å². The highest BCUT2D eigenvalue weighted by Crippen LogP contribution is 2.25. The minimum absolute atomic E-state index is 0.0995. The van der Waals surface area contributed by atoms with Crippen molar-refractivity contribution in [3.8, 4) is 5.75 Å². The smallest absolute Gasteiger partial charge is 0.243 e. The Labute approximate surface area is 206 Å². The van der Waals surface area contributed by atoms with Gasteiger partial charge in [0.05, 0.1) is 13.5 Å². The maximum atomic E-state index is 13.5. The van der Waals surface area contributed by atoms with Gasteiger partial charge in [0, 0.05) is 22.6 Å². The lowest BCUT2D eigenvalue weighted by atomic mass is 9.95. The van der Waals surface area contributed by atoms with Crippen molar-refractivity contribution < 1.29 is 14.3 Å². The number of halogens is 2. The highest BCUT2D eigenvalue weighted by molar-refractivity contribution is 6.35. The minimum atomic E-state index is -0.579. The van der Waals surface area contributed by atoms with E-state index in [1.807, 2.05) is 37.3 Å². The van der Waals surface area contributed by atoms with Crippen LogP contribution in [-0.2, 0) is 22.6 Å². The molecular formula is C26H32Cl2N2O3. The lowest BCUT2D eigenvalue weighted by molar-refractivity contribution is -0.141. The van der Waals surface area contributed by atoms with Crippen molar-refractivity contribution in [3.63, 3.8) is 0 Å². The number of hydrogen-bond donors (Lipinski definition) is 1. The fraction of sp³-hybridized carbons (Fsp3) is 0.462. The molecular weight excluding hydrogens is 459 g/mol. The Bertz CT molecular complexity index is 943. The number of amides is 2. The monoisotopic (exact) mass is 490 g/mol. The van der Waals surface area contributed by atoms with Gasteiger partial charge >= 0.3 is 0 Å². The maximum Gasteiger partial charge on any atom is 0.243 e. The number of carbonyl (C=O) groups is 2. The van der Waals surface area contributed by atoms with Crippen molar-refractivity contribution in [2.45, 2.75) is 70.5 Å². The highest BCUT2D eigenvalue weighted by Gasteiger charge is 2.30. The highest BCUT2D eigenvalue weighted by atomic mass is 35.5. The lowest BCUT2D eigenvalue weighted by Crippen LogP contribution is -2.52. The average molecular weight is 491 g/mol. The predicted octanol–water partition coefficient (Wildman–Crippen LogP) is 5.80. The predicted molar refractivity (Wildman–Crippen MR) is 133 cm³/mol. The van der Waals surface area contributed by atoms with E-state index in [0.717, 1.165) is 42.6 Å². The summed E-state index contributed by atoms with van der Waals surface area (Å²) < 4.78 is 5.21. The van der Waals surface area contributed by atoms with E-state index in [1.165, 1.54) is 6.42 Å². The first-order valence-corrected chi connectivity index (χ1v) is 12.3. The van der Waals surface area contributed by atoms with Crippen LogP contribution in [0, 0.1) is 0 Å². The third-order valence-corrected chi connectivity index (χ3v) is 6.79. The van der Waals surface area contributed by atoms with E-state index in [0.29, 0.717) is 16.5 Å². The molecule has 1 aliphatic rings. The summed E-state index contributed by atoms with van der Waals surface area (Å²) in [4.78, 5) is 28.4. The van der Waals surface area contributed by atoms with Crippen LogP contribution in [0.25, 0.3) is 0 Å². The van der Waals surface area contributed by atoms with E-state index in [2.05, 4.69) is 5.32 Å². The maximum absolute atomic E-state index is 13.5. The number of benzene rings is 2. The van der Waals surface area contributed by atoms with Gasteiger partial charge < -0.3 is 15.0 Å². The minimum Gasteiger partial charge on any atom is -0.497 e. The zero-order valence-corrected chi connectivity index (χ0v) is 20.8. The van der Waals surface area contributed by atoms with Gasteiger partial charge in [-0.1, -0.05) is 67.6 Å². The molecule has 1 saturated carbocycles. The molecule has 3 rings (SSSR count). The average Bonchev–Trinajstić information content (AvgIpc) is 2.81. The molecule has 33 heavy (non-hydrogen) atoms. The van der Waals surface area contributed by atoms with Crippen LogP contribution < -0.4 is 10.1 Å². The summed E-state index contributed by atoms with van der Waals surface area (Å²) in [5.74, 6) is 0.503. The number of nitrogens with one attached hydrogen (secondary N) is 1. The molecule has 178 valence electrons. The van der Waals surface area contributed by atoms with Crippen LogP contribution in [0.2, 0.25) is 10.0 Å². The summed E-state index contributed by atoms with van der Waals surface area (Å²) in [6.45, 7) is 2.17. The molecule has 1 unspecified atom stereocenters. The van der Waals surface area contributed by atoms with Crippen molar-refractivity contribution in [2.75, 3.05) is 7.11 Å². The third kappa shape index (κ3) is 7.12. The largest absolute Gasteiger partial charge is 0.497 e. The molecule has 1 fully saturated rings. The van der Waals surface area contributed by atoms with Gasteiger partial charge in [0.1, 0.15) is 11.8 Å². The first kappa shape index (κ1) is 25.4. The van der Waals surface area contributed by atoms with Gasteiger partial charge in [0.25, 0.3) is 0 Å². The van der Waals surface area contributed by atoms with Gasteiger partial charge in [-0.05, 0) is 54.7 Å². The summed E-state index contributed by atoms with van der Waals surface area (Å²) in [5.41, 5.74) is 1.61. The molecule has 5 nitrogen and oxygen atoms in total. The summed E-state index contributed by atoms with van der Waals surface area (Å²) in [7, 11) is 1.61. The van der Waals surface area contributed by atoms with Crippen LogP contribution in [-0.4, -0.2) is 35.9 Å². The molecule has 1 N–H and O–H groups in total. The molecule has 0 bridgehead atoms. The topological polar surface area (TPSA) is 58.6 Å². The normalized spacial score (nSPS) is 15.0. The number of carbonyl (C=O) groups excluding carboxylic acids is 2. The SMILES string of the molecule is CCC(C(=O)NC1CCCCC1)N(Cc1ccc(Cl)cc1Cl)C(=O)Cc1ccc(OC)cc1. The van der Waals surface area contributed by atoms with E-state index in [-0.39, 0.29) is 30.8 Å². The Morgan fingerprint density at radius 1 is 1.09 bits per heavy atom. The van der Waals surface area contributed by atoms with E-state index in [4.69, 9.17) is 27.9 Å². The number of ether oxygens (including phenoxy) is 1. The number of rotatable bonds is 9. The number of hydrogen-bond acceptors (Lipinski definition) is 3. The van der Waals surface area contributed by atoms with E-state index in [9.17, 15) is 9.59 Å². The molecule has 0 saturated heterocycles. The summed E-state index contributed by atoms with van der Waals surface area (Å²) in [6.07, 6.45) is 6.14. The van der Waals surface area contributed by atoms with Crippen molar-refractivity contribution in [1.82, 2.24) is 10.2 Å². The molecule has 0 aromatic heterocycles. The fourth-order valence-corrected chi connectivity index (χ4v) is 4.79. The summed E-state index contributed by atoms with van der Waals surface area (Å²) in [5, 5.41) is 4.20. The Kier molecular flexibility index (Phi) is 9.45. The molecule has 0 heterocycles. The second kappa shape index (κ2) is 12.3. The number of nitrogens with zero attached hydrogens (tertiary/aromatic N) is 1. The standard InChI is InChI=1S/C26H32Cl2N2O3/c1-3-24(26(32)29-21-7-5-4-6-8-21)30(17-19-11-12-20(27)16-23(19)28)25(31)15-18-9-13-22(33-2)14-10-18/h9-14,16,21,24H,3-8,15,17H2,1-2H3,(H,29,32). The third-order valence-electron chi connectivity index (χ3n) is 6.21. The fourth-order valence-electron chi connectivity index (χ4n) is 4.32. The molecule has 1 aliphatic carbocycles. The Hall–Kier alpha value is -2.24. The van der Waals surface area contributed by atoms with Crippen LogP contribution in [0.1, 0.15) is 56.6 Å². The zero-order chi connectivity index (χ0) is 23.8. The lowest BCUT2D eigenvalue weighted by Gasteiger charge is -2.33. The number of methoxy groups -OCH3 is 1.